The van der Waals surface area contributed by atoms with Crippen molar-refractivity contribution in [1.29, 1.82) is 0 Å². The topological polar surface area (TPSA) is 71.1 Å². The van der Waals surface area contributed by atoms with Gasteiger partial charge in [0.05, 0.1) is 10.8 Å². The van der Waals surface area contributed by atoms with Gasteiger partial charge in [-0.2, -0.15) is 9.78 Å². The summed E-state index contributed by atoms with van der Waals surface area (Å²) < 4.78 is 0. The first kappa shape index (κ1) is 34.1. The van der Waals surface area contributed by atoms with E-state index in [1.165, 1.54) is 12.8 Å². The molecule has 0 aliphatic heterocycles. The van der Waals surface area contributed by atoms with Crippen LogP contribution in [0.2, 0.25) is 0 Å². The van der Waals surface area contributed by atoms with E-state index in [2.05, 4.69) is 13.8 Å². The molecule has 0 amide bonds. The maximum atomic E-state index is 12.7. The average Bonchev–Trinajstić information content (AvgIpc) is 2.86. The van der Waals surface area contributed by atoms with E-state index in [0.29, 0.717) is 0 Å². The first-order chi connectivity index (χ1) is 17.6. The van der Waals surface area contributed by atoms with Crippen LogP contribution in [0.25, 0.3) is 0 Å². The zero-order valence-electron chi connectivity index (χ0n) is 25.8. The molecule has 1 aromatic rings. The molecule has 0 heterocycles. The number of carbonyl (C=O) groups excluding carboxylic acids is 2. The molecule has 0 saturated carbocycles. The second kappa shape index (κ2) is 15.0. The van der Waals surface area contributed by atoms with Crippen molar-refractivity contribution in [2.24, 2.45) is 10.8 Å². The standard InChI is InChI=1S/C32H54O6/c1-11-13-15-17-22-29(3,4)27(33)35-37-31(7,8)25-20-19-21-26(24-25)32(9,10)38-36-28(34)30(5,6)23-18-16-14-12-2/h19-21,24H,11-18,22-23H2,1-10H3. The van der Waals surface area contributed by atoms with Crippen LogP contribution in [0.4, 0.5) is 0 Å². The molecule has 0 fully saturated rings. The Morgan fingerprint density at radius 2 is 0.974 bits per heavy atom. The van der Waals surface area contributed by atoms with Crippen molar-refractivity contribution in [3.63, 3.8) is 0 Å². The molecule has 1 rings (SSSR count). The van der Waals surface area contributed by atoms with Gasteiger partial charge >= 0.3 is 11.9 Å². The summed E-state index contributed by atoms with van der Waals surface area (Å²) in [7, 11) is 0. The predicted molar refractivity (Wildman–Crippen MR) is 152 cm³/mol. The van der Waals surface area contributed by atoms with Gasteiger partial charge in [-0.3, -0.25) is 9.78 Å². The van der Waals surface area contributed by atoms with Crippen molar-refractivity contribution in [3.05, 3.63) is 35.4 Å². The minimum atomic E-state index is -0.892. The highest BCUT2D eigenvalue weighted by Gasteiger charge is 2.35. The van der Waals surface area contributed by atoms with E-state index in [1.807, 2.05) is 79.7 Å². The average molecular weight is 535 g/mol. The lowest BCUT2D eigenvalue weighted by molar-refractivity contribution is -0.336. The van der Waals surface area contributed by atoms with Crippen LogP contribution >= 0.6 is 0 Å². The summed E-state index contributed by atoms with van der Waals surface area (Å²) in [6, 6.07) is 7.64. The van der Waals surface area contributed by atoms with E-state index >= 15 is 0 Å². The lowest BCUT2D eigenvalue weighted by Crippen LogP contribution is -2.32. The molecular weight excluding hydrogens is 480 g/mol. The number of hydrogen-bond acceptors (Lipinski definition) is 6. The molecule has 0 unspecified atom stereocenters. The van der Waals surface area contributed by atoms with Gasteiger partial charge in [0.15, 0.2) is 0 Å². The van der Waals surface area contributed by atoms with Crippen molar-refractivity contribution >= 4 is 11.9 Å². The van der Waals surface area contributed by atoms with E-state index in [1.54, 1.807) is 0 Å². The first-order valence-corrected chi connectivity index (χ1v) is 14.5. The Morgan fingerprint density at radius 3 is 1.32 bits per heavy atom. The van der Waals surface area contributed by atoms with Crippen LogP contribution in [0.3, 0.4) is 0 Å². The highest BCUT2D eigenvalue weighted by molar-refractivity contribution is 5.75. The molecule has 6 nitrogen and oxygen atoms in total. The summed E-state index contributed by atoms with van der Waals surface area (Å²) in [5.74, 6) is -0.739. The molecule has 0 spiro atoms. The van der Waals surface area contributed by atoms with E-state index in [-0.39, 0.29) is 11.9 Å². The van der Waals surface area contributed by atoms with Crippen molar-refractivity contribution in [2.45, 2.75) is 145 Å². The van der Waals surface area contributed by atoms with Gasteiger partial charge < -0.3 is 0 Å². The molecule has 1 aromatic carbocycles. The lowest BCUT2D eigenvalue weighted by Gasteiger charge is -2.30. The predicted octanol–water partition coefficient (Wildman–Crippen LogP) is 9.10. The third-order valence-electron chi connectivity index (χ3n) is 7.32. The Kier molecular flexibility index (Phi) is 13.5. The molecule has 0 bridgehead atoms. The molecule has 0 radical (unpaired) electrons. The van der Waals surface area contributed by atoms with Gasteiger partial charge in [-0.25, -0.2) is 9.59 Å². The zero-order chi connectivity index (χ0) is 29.0. The molecule has 0 saturated heterocycles. The summed E-state index contributed by atoms with van der Waals surface area (Å²) in [4.78, 5) is 47.5. The van der Waals surface area contributed by atoms with Crippen molar-refractivity contribution < 1.29 is 29.1 Å². The maximum absolute atomic E-state index is 12.7. The van der Waals surface area contributed by atoms with E-state index in [4.69, 9.17) is 19.6 Å². The first-order valence-electron chi connectivity index (χ1n) is 14.5. The number of benzene rings is 1. The fraction of sp³-hybridized carbons (Fsp3) is 0.750. The van der Waals surface area contributed by atoms with Crippen LogP contribution in [-0.4, -0.2) is 11.9 Å². The maximum Gasteiger partial charge on any atom is 0.347 e. The molecule has 0 atom stereocenters. The smallest absolute Gasteiger partial charge is 0.297 e. The minimum Gasteiger partial charge on any atom is -0.297 e. The van der Waals surface area contributed by atoms with Crippen molar-refractivity contribution in [3.8, 4) is 0 Å². The molecule has 0 aliphatic carbocycles. The van der Waals surface area contributed by atoms with Gasteiger partial charge in [-0.05, 0) is 85.4 Å². The number of hydrogen-bond donors (Lipinski definition) is 0. The number of unbranched alkanes of at least 4 members (excludes halogenated alkanes) is 6. The second-order valence-electron chi connectivity index (χ2n) is 12.9. The van der Waals surface area contributed by atoms with Gasteiger partial charge in [0.2, 0.25) is 0 Å². The molecular formula is C32H54O6. The Labute approximate surface area is 232 Å². The van der Waals surface area contributed by atoms with Gasteiger partial charge in [-0.15, -0.1) is 0 Å². The van der Waals surface area contributed by atoms with Gasteiger partial charge in [-0.1, -0.05) is 83.4 Å². The fourth-order valence-corrected chi connectivity index (χ4v) is 4.07. The van der Waals surface area contributed by atoms with E-state index in [0.717, 1.165) is 62.5 Å². The van der Waals surface area contributed by atoms with Gasteiger partial charge in [0.25, 0.3) is 0 Å². The van der Waals surface area contributed by atoms with Crippen LogP contribution in [0.1, 0.15) is 145 Å². The summed E-state index contributed by atoms with van der Waals surface area (Å²) in [6.45, 7) is 19.3. The highest BCUT2D eigenvalue weighted by Crippen LogP contribution is 2.34. The largest absolute Gasteiger partial charge is 0.347 e. The number of rotatable bonds is 18. The Morgan fingerprint density at radius 1 is 0.605 bits per heavy atom. The summed E-state index contributed by atoms with van der Waals surface area (Å²) in [5.41, 5.74) is -1.40. The normalized spacial score (nSPS) is 12.9. The molecule has 0 aromatic heterocycles. The van der Waals surface area contributed by atoms with Crippen LogP contribution < -0.4 is 0 Å². The van der Waals surface area contributed by atoms with Gasteiger partial charge in [0, 0.05) is 0 Å². The van der Waals surface area contributed by atoms with Crippen LogP contribution in [0, 0.1) is 10.8 Å². The Bertz CT molecular complexity index is 801. The lowest BCUT2D eigenvalue weighted by atomic mass is 9.87. The molecule has 0 N–H and O–H groups in total. The highest BCUT2D eigenvalue weighted by atomic mass is 17.2. The summed E-state index contributed by atoms with van der Waals surface area (Å²) >= 11 is 0. The Balaban J connectivity index is 2.79. The van der Waals surface area contributed by atoms with Gasteiger partial charge in [0.1, 0.15) is 11.2 Å². The van der Waals surface area contributed by atoms with Crippen LogP contribution in [0.15, 0.2) is 24.3 Å². The summed E-state index contributed by atoms with van der Waals surface area (Å²) in [5, 5.41) is 0. The minimum absolute atomic E-state index is 0.369. The molecule has 218 valence electrons. The zero-order valence-corrected chi connectivity index (χ0v) is 25.8. The third-order valence-corrected chi connectivity index (χ3v) is 7.32. The monoisotopic (exact) mass is 534 g/mol. The van der Waals surface area contributed by atoms with E-state index < -0.39 is 22.0 Å². The molecule has 38 heavy (non-hydrogen) atoms. The number of carbonyl (C=O) groups is 2. The second-order valence-corrected chi connectivity index (χ2v) is 12.9. The van der Waals surface area contributed by atoms with Crippen LogP contribution in [-0.2, 0) is 40.3 Å². The van der Waals surface area contributed by atoms with Crippen LogP contribution in [0.5, 0.6) is 0 Å². The third kappa shape index (κ3) is 11.1. The SMILES string of the molecule is CCCCCCC(C)(C)C(=O)OOC(C)(C)c1cccc(C(C)(C)OOC(=O)C(C)(C)CCCCCC)c1. The van der Waals surface area contributed by atoms with Crippen molar-refractivity contribution in [1.82, 2.24) is 0 Å². The molecule has 6 heteroatoms. The van der Waals surface area contributed by atoms with Crippen molar-refractivity contribution in [2.75, 3.05) is 0 Å². The molecule has 0 aliphatic rings. The fourth-order valence-electron chi connectivity index (χ4n) is 4.07. The summed E-state index contributed by atoms with van der Waals surface area (Å²) in [6.07, 6.45) is 10.3. The van der Waals surface area contributed by atoms with E-state index in [9.17, 15) is 9.59 Å². The quantitative estimate of drug-likeness (QED) is 0.106. The Hall–Kier alpha value is -1.92.